The Morgan fingerprint density at radius 1 is 1.10 bits per heavy atom. The zero-order valence-corrected chi connectivity index (χ0v) is 16.4. The monoisotopic (exact) mass is 417 g/mol. The van der Waals surface area contributed by atoms with Crippen LogP contribution in [0.4, 0.5) is 14.5 Å². The van der Waals surface area contributed by atoms with Crippen LogP contribution in [-0.4, -0.2) is 24.0 Å². The van der Waals surface area contributed by atoms with Crippen LogP contribution in [0.15, 0.2) is 65.7 Å². The molecule has 0 amide bonds. The molecule has 0 aliphatic heterocycles. The first-order chi connectivity index (χ1) is 13.9. The zero-order valence-electron chi connectivity index (χ0n) is 15.6. The van der Waals surface area contributed by atoms with Gasteiger partial charge in [0, 0.05) is 16.9 Å². The normalized spacial score (nSPS) is 16.6. The van der Waals surface area contributed by atoms with Crippen molar-refractivity contribution in [2.24, 2.45) is 0 Å². The zero-order chi connectivity index (χ0) is 20.4. The molecule has 29 heavy (non-hydrogen) atoms. The Hall–Kier alpha value is -2.74. The van der Waals surface area contributed by atoms with Crippen molar-refractivity contribution in [1.29, 1.82) is 0 Å². The van der Waals surface area contributed by atoms with Gasteiger partial charge in [0.1, 0.15) is 0 Å². The minimum Gasteiger partial charge on any atom is -0.378 e. The van der Waals surface area contributed by atoms with Crippen LogP contribution in [0.5, 0.6) is 0 Å². The first-order valence-corrected chi connectivity index (χ1v) is 11.0. The average molecular weight is 417 g/mol. The van der Waals surface area contributed by atoms with Gasteiger partial charge in [0.05, 0.1) is 23.7 Å². The Bertz CT molecular complexity index is 1080. The number of anilines is 1. The molecule has 1 unspecified atom stereocenters. The van der Waals surface area contributed by atoms with E-state index in [9.17, 15) is 17.2 Å². The maximum Gasteiger partial charge on any atom is 0.341 e. The summed E-state index contributed by atoms with van der Waals surface area (Å²) in [6, 6.07) is 15.7. The van der Waals surface area contributed by atoms with Crippen LogP contribution < -0.4 is 5.32 Å². The number of benzene rings is 2. The van der Waals surface area contributed by atoms with Crippen molar-refractivity contribution >= 4 is 15.5 Å². The Labute approximate surface area is 168 Å². The van der Waals surface area contributed by atoms with Crippen LogP contribution in [-0.2, 0) is 22.8 Å². The van der Waals surface area contributed by atoms with Gasteiger partial charge >= 0.3 is 5.76 Å². The van der Waals surface area contributed by atoms with Crippen molar-refractivity contribution in [3.8, 4) is 0 Å². The smallest absolute Gasteiger partial charge is 0.341 e. The minimum absolute atomic E-state index is 0.0424. The minimum atomic E-state index is -4.58. The van der Waals surface area contributed by atoms with Crippen molar-refractivity contribution in [3.05, 3.63) is 77.6 Å². The molecule has 1 N–H and O–H groups in total. The van der Waals surface area contributed by atoms with Crippen molar-refractivity contribution in [2.45, 2.75) is 42.5 Å². The Morgan fingerprint density at radius 3 is 2.52 bits per heavy atom. The third-order valence-electron chi connectivity index (χ3n) is 5.20. The number of alkyl halides is 2. The lowest BCUT2D eigenvalue weighted by molar-refractivity contribution is 0.234. The van der Waals surface area contributed by atoms with Crippen LogP contribution in [0.25, 0.3) is 0 Å². The van der Waals surface area contributed by atoms with Crippen LogP contribution in [0, 0.1) is 0 Å². The molecule has 152 valence electrons. The van der Waals surface area contributed by atoms with E-state index < -0.39 is 15.6 Å². The lowest BCUT2D eigenvalue weighted by Gasteiger charge is -2.25. The van der Waals surface area contributed by atoms with Crippen molar-refractivity contribution in [1.82, 2.24) is 9.78 Å². The van der Waals surface area contributed by atoms with Crippen molar-refractivity contribution in [2.75, 3.05) is 5.32 Å². The second kappa shape index (κ2) is 7.94. The standard InChI is InChI=1S/C21H21F2N3O2S/c22-21(23)29(27,28)17-11-9-16(10-12-17)25-19-7-4-8-20-18(19)13-24-26(20)14-15-5-2-1-3-6-15/h1-3,5-6,9-13,19,21,25H,4,7-8,14H2. The fourth-order valence-corrected chi connectivity index (χ4v) is 4.43. The molecule has 0 fully saturated rings. The molecule has 0 bridgehead atoms. The van der Waals surface area contributed by atoms with E-state index in [2.05, 4.69) is 22.5 Å². The SMILES string of the molecule is O=S(=O)(c1ccc(NC2CCCc3c2cnn3Cc2ccccc2)cc1)C(F)F. The molecule has 1 aromatic heterocycles. The number of fused-ring (bicyclic) bond motifs is 1. The summed E-state index contributed by atoms with van der Waals surface area (Å²) in [5, 5.41) is 7.95. The maximum absolute atomic E-state index is 12.7. The number of nitrogens with zero attached hydrogens (tertiary/aromatic N) is 2. The summed E-state index contributed by atoms with van der Waals surface area (Å²) in [6.45, 7) is 0.711. The van der Waals surface area contributed by atoms with E-state index in [-0.39, 0.29) is 10.9 Å². The summed E-state index contributed by atoms with van der Waals surface area (Å²) in [7, 11) is -4.58. The predicted octanol–water partition coefficient (Wildman–Crippen LogP) is 4.42. The molecule has 2 aromatic carbocycles. The van der Waals surface area contributed by atoms with Gasteiger partial charge in [-0.1, -0.05) is 30.3 Å². The third kappa shape index (κ3) is 4.03. The predicted molar refractivity (Wildman–Crippen MR) is 107 cm³/mol. The first-order valence-electron chi connectivity index (χ1n) is 9.42. The highest BCUT2D eigenvalue weighted by Crippen LogP contribution is 2.33. The number of aromatic nitrogens is 2. The van der Waals surface area contributed by atoms with Crippen LogP contribution in [0.3, 0.4) is 0 Å². The summed E-state index contributed by atoms with van der Waals surface area (Å²) >= 11 is 0. The van der Waals surface area contributed by atoms with E-state index in [1.165, 1.54) is 35.5 Å². The van der Waals surface area contributed by atoms with E-state index in [1.54, 1.807) is 0 Å². The summed E-state index contributed by atoms with van der Waals surface area (Å²) in [5.74, 6) is -3.42. The summed E-state index contributed by atoms with van der Waals surface area (Å²) < 4.78 is 50.5. The molecule has 1 atom stereocenters. The summed E-state index contributed by atoms with van der Waals surface area (Å²) in [6.07, 6.45) is 4.75. The third-order valence-corrected chi connectivity index (χ3v) is 6.59. The molecule has 0 saturated heterocycles. The van der Waals surface area contributed by atoms with Crippen molar-refractivity contribution < 1.29 is 17.2 Å². The number of hydrogen-bond donors (Lipinski definition) is 1. The second-order valence-electron chi connectivity index (χ2n) is 7.11. The van der Waals surface area contributed by atoms with Gasteiger partial charge in [-0.15, -0.1) is 0 Å². The Morgan fingerprint density at radius 2 is 1.83 bits per heavy atom. The van der Waals surface area contributed by atoms with Gasteiger partial charge in [-0.05, 0) is 49.1 Å². The second-order valence-corrected chi connectivity index (χ2v) is 9.03. The van der Waals surface area contributed by atoms with E-state index in [0.717, 1.165) is 24.8 Å². The molecular formula is C21H21F2N3O2S. The fraction of sp³-hybridized carbons (Fsp3) is 0.286. The fourth-order valence-electron chi connectivity index (χ4n) is 3.71. The molecule has 1 aliphatic carbocycles. The highest BCUT2D eigenvalue weighted by Gasteiger charge is 2.27. The Balaban J connectivity index is 1.52. The molecular weight excluding hydrogens is 396 g/mol. The molecule has 3 aromatic rings. The maximum atomic E-state index is 12.7. The van der Waals surface area contributed by atoms with Crippen LogP contribution in [0.1, 0.15) is 35.7 Å². The molecule has 0 radical (unpaired) electrons. The van der Waals surface area contributed by atoms with E-state index in [1.807, 2.05) is 29.1 Å². The number of sulfone groups is 1. The van der Waals surface area contributed by atoms with Gasteiger partial charge in [0.15, 0.2) is 0 Å². The van der Waals surface area contributed by atoms with Gasteiger partial charge in [-0.3, -0.25) is 4.68 Å². The topological polar surface area (TPSA) is 64.0 Å². The molecule has 4 rings (SSSR count). The van der Waals surface area contributed by atoms with Crippen LogP contribution in [0.2, 0.25) is 0 Å². The average Bonchev–Trinajstić information content (AvgIpc) is 3.13. The van der Waals surface area contributed by atoms with E-state index in [0.29, 0.717) is 12.2 Å². The van der Waals surface area contributed by atoms with Gasteiger partial charge in [-0.25, -0.2) is 8.42 Å². The van der Waals surface area contributed by atoms with Gasteiger partial charge in [0.2, 0.25) is 9.84 Å². The highest BCUT2D eigenvalue weighted by atomic mass is 32.2. The lowest BCUT2D eigenvalue weighted by atomic mass is 9.92. The quantitative estimate of drug-likeness (QED) is 0.645. The highest BCUT2D eigenvalue weighted by molar-refractivity contribution is 7.91. The molecule has 1 aliphatic rings. The Kier molecular flexibility index (Phi) is 5.36. The number of rotatable bonds is 6. The first kappa shape index (κ1) is 19.6. The van der Waals surface area contributed by atoms with E-state index >= 15 is 0 Å². The van der Waals surface area contributed by atoms with Gasteiger partial charge in [0.25, 0.3) is 0 Å². The largest absolute Gasteiger partial charge is 0.378 e. The molecule has 1 heterocycles. The number of nitrogens with one attached hydrogen (secondary N) is 1. The van der Waals surface area contributed by atoms with E-state index in [4.69, 9.17) is 0 Å². The lowest BCUT2D eigenvalue weighted by Crippen LogP contribution is -2.19. The molecule has 5 nitrogen and oxygen atoms in total. The molecule has 0 spiro atoms. The number of hydrogen-bond acceptors (Lipinski definition) is 4. The summed E-state index contributed by atoms with van der Waals surface area (Å²) in [4.78, 5) is -0.377. The molecule has 8 heteroatoms. The molecule has 0 saturated carbocycles. The van der Waals surface area contributed by atoms with Crippen molar-refractivity contribution in [3.63, 3.8) is 0 Å². The summed E-state index contributed by atoms with van der Waals surface area (Å²) in [5.41, 5.74) is 4.18. The number of halogens is 2. The van der Waals surface area contributed by atoms with Gasteiger partial charge < -0.3 is 5.32 Å². The van der Waals surface area contributed by atoms with Crippen LogP contribution >= 0.6 is 0 Å². The van der Waals surface area contributed by atoms with Gasteiger partial charge in [-0.2, -0.15) is 13.9 Å².